The Morgan fingerprint density at radius 2 is 1.67 bits per heavy atom. The Labute approximate surface area is 110 Å². The number of morpholine rings is 1. The lowest BCUT2D eigenvalue weighted by Crippen LogP contribution is -2.63. The van der Waals surface area contributed by atoms with E-state index in [1.165, 1.54) is 0 Å². The number of rotatable bonds is 3. The minimum Gasteiger partial charge on any atom is -0.367 e. The highest BCUT2D eigenvalue weighted by atomic mass is 16.5. The summed E-state index contributed by atoms with van der Waals surface area (Å²) in [4.78, 5) is 14.1. The monoisotopic (exact) mass is 257 g/mol. The summed E-state index contributed by atoms with van der Waals surface area (Å²) in [6.07, 6.45) is 0. The van der Waals surface area contributed by atoms with E-state index in [-0.39, 0.29) is 29.1 Å². The fourth-order valence-electron chi connectivity index (χ4n) is 3.02. The number of nitrogens with one attached hydrogen (secondary N) is 1. The molecule has 0 aromatic heterocycles. The van der Waals surface area contributed by atoms with Gasteiger partial charge in [0.05, 0.1) is 17.2 Å². The van der Waals surface area contributed by atoms with Crippen LogP contribution in [0.15, 0.2) is 0 Å². The van der Waals surface area contributed by atoms with Crippen LogP contribution in [-0.4, -0.2) is 41.1 Å². The Morgan fingerprint density at radius 1 is 1.22 bits per heavy atom. The second-order valence-electron chi connectivity index (χ2n) is 6.72. The van der Waals surface area contributed by atoms with Crippen LogP contribution in [0.4, 0.5) is 0 Å². The molecule has 18 heavy (non-hydrogen) atoms. The minimum absolute atomic E-state index is 0.126. The van der Waals surface area contributed by atoms with Crippen LogP contribution in [0.2, 0.25) is 0 Å². The fourth-order valence-corrected chi connectivity index (χ4v) is 3.02. The van der Waals surface area contributed by atoms with Crippen molar-refractivity contribution >= 4 is 5.91 Å². The van der Waals surface area contributed by atoms with Gasteiger partial charge >= 0.3 is 0 Å². The number of ether oxygens (including phenoxy) is 1. The van der Waals surface area contributed by atoms with Crippen LogP contribution in [-0.2, 0) is 9.53 Å². The average Bonchev–Trinajstić information content (AvgIpc) is 2.11. The Hall–Kier alpha value is -0.650. The van der Waals surface area contributed by atoms with Crippen molar-refractivity contribution < 1.29 is 9.53 Å². The second-order valence-corrected chi connectivity index (χ2v) is 6.72. The number of nitrogens with zero attached hydrogens (tertiary/aromatic N) is 1. The Kier molecular flexibility index (Phi) is 4.41. The molecule has 1 rings (SSSR count). The molecule has 0 aromatic rings. The van der Waals surface area contributed by atoms with Gasteiger partial charge in [-0.15, -0.1) is 0 Å². The highest BCUT2D eigenvalue weighted by molar-refractivity contribution is 5.81. The number of carbonyl (C=O) groups is 1. The fraction of sp³-hybridized carbons (Fsp3) is 0.923. The summed E-state index contributed by atoms with van der Waals surface area (Å²) in [5.74, 6) is 5.38. The van der Waals surface area contributed by atoms with E-state index in [1.54, 1.807) is 0 Å². The first-order valence-corrected chi connectivity index (χ1v) is 6.53. The SMILES string of the molecule is CC(C)C(C(=O)NN)N1CC(C)(C)OC(C)(C)C1. The van der Waals surface area contributed by atoms with Crippen molar-refractivity contribution in [3.8, 4) is 0 Å². The molecule has 1 aliphatic rings. The summed E-state index contributed by atoms with van der Waals surface area (Å²) in [5.41, 5.74) is 1.76. The first kappa shape index (κ1) is 15.4. The van der Waals surface area contributed by atoms with E-state index < -0.39 is 0 Å². The van der Waals surface area contributed by atoms with Crippen molar-refractivity contribution in [3.05, 3.63) is 0 Å². The summed E-state index contributed by atoms with van der Waals surface area (Å²) in [6, 6.07) is -0.211. The van der Waals surface area contributed by atoms with Crippen LogP contribution in [0.3, 0.4) is 0 Å². The zero-order chi connectivity index (χ0) is 14.1. The molecule has 0 bridgehead atoms. The first-order valence-electron chi connectivity index (χ1n) is 6.53. The molecule has 0 spiro atoms. The number of hydrogen-bond acceptors (Lipinski definition) is 4. The first-order chi connectivity index (χ1) is 8.08. The van der Waals surface area contributed by atoms with Gasteiger partial charge in [-0.3, -0.25) is 15.1 Å². The molecule has 1 aliphatic heterocycles. The molecule has 1 heterocycles. The predicted octanol–water partition coefficient (Wildman–Crippen LogP) is 0.890. The van der Waals surface area contributed by atoms with E-state index in [2.05, 4.69) is 38.0 Å². The van der Waals surface area contributed by atoms with E-state index >= 15 is 0 Å². The summed E-state index contributed by atoms with van der Waals surface area (Å²) in [6.45, 7) is 13.7. The molecule has 3 N–H and O–H groups in total. The lowest BCUT2D eigenvalue weighted by Gasteiger charge is -2.49. The van der Waals surface area contributed by atoms with E-state index in [0.29, 0.717) is 0 Å². The van der Waals surface area contributed by atoms with Crippen molar-refractivity contribution in [2.24, 2.45) is 11.8 Å². The molecule has 0 radical (unpaired) electrons. The molecular weight excluding hydrogens is 230 g/mol. The van der Waals surface area contributed by atoms with Gasteiger partial charge in [0.1, 0.15) is 0 Å². The van der Waals surface area contributed by atoms with Crippen LogP contribution in [0.1, 0.15) is 41.5 Å². The zero-order valence-electron chi connectivity index (χ0n) is 12.4. The molecule has 5 nitrogen and oxygen atoms in total. The molecule has 106 valence electrons. The van der Waals surface area contributed by atoms with E-state index in [1.807, 2.05) is 13.8 Å². The third-order valence-electron chi connectivity index (χ3n) is 3.16. The van der Waals surface area contributed by atoms with Crippen molar-refractivity contribution in [2.75, 3.05) is 13.1 Å². The standard InChI is InChI=1S/C13H27N3O2/c1-9(2)10(11(17)15-14)16-7-12(3,4)18-13(5,6)8-16/h9-10H,7-8,14H2,1-6H3,(H,15,17). The minimum atomic E-state index is -0.260. The Bertz CT molecular complexity index is 297. The van der Waals surface area contributed by atoms with Gasteiger partial charge in [-0.05, 0) is 33.6 Å². The third-order valence-corrected chi connectivity index (χ3v) is 3.16. The van der Waals surface area contributed by atoms with E-state index in [9.17, 15) is 4.79 Å². The zero-order valence-corrected chi connectivity index (χ0v) is 12.4. The smallest absolute Gasteiger partial charge is 0.251 e. The highest BCUT2D eigenvalue weighted by Crippen LogP contribution is 2.30. The average molecular weight is 257 g/mol. The van der Waals surface area contributed by atoms with Crippen LogP contribution in [0, 0.1) is 5.92 Å². The molecule has 1 saturated heterocycles. The molecule has 5 heteroatoms. The lowest BCUT2D eigenvalue weighted by atomic mass is 9.93. The van der Waals surface area contributed by atoms with Crippen LogP contribution < -0.4 is 11.3 Å². The second kappa shape index (κ2) is 5.15. The van der Waals surface area contributed by atoms with Crippen molar-refractivity contribution in [2.45, 2.75) is 58.8 Å². The number of amides is 1. The number of carbonyl (C=O) groups excluding carboxylic acids is 1. The topological polar surface area (TPSA) is 67.6 Å². The largest absolute Gasteiger partial charge is 0.367 e. The van der Waals surface area contributed by atoms with Gasteiger partial charge in [0.2, 0.25) is 0 Å². The van der Waals surface area contributed by atoms with Crippen molar-refractivity contribution in [1.29, 1.82) is 0 Å². The van der Waals surface area contributed by atoms with E-state index in [4.69, 9.17) is 10.6 Å². The highest BCUT2D eigenvalue weighted by Gasteiger charge is 2.42. The molecule has 1 amide bonds. The maximum Gasteiger partial charge on any atom is 0.251 e. The molecule has 1 fully saturated rings. The van der Waals surface area contributed by atoms with Gasteiger partial charge in [-0.1, -0.05) is 13.8 Å². The predicted molar refractivity (Wildman–Crippen MR) is 71.8 cm³/mol. The summed E-state index contributed by atoms with van der Waals surface area (Å²) in [7, 11) is 0. The van der Waals surface area contributed by atoms with Gasteiger partial charge in [-0.2, -0.15) is 0 Å². The molecule has 0 aliphatic carbocycles. The quantitative estimate of drug-likeness (QED) is 0.448. The normalized spacial score (nSPS) is 24.9. The van der Waals surface area contributed by atoms with Gasteiger partial charge in [0.25, 0.3) is 5.91 Å². The van der Waals surface area contributed by atoms with Gasteiger partial charge in [0, 0.05) is 13.1 Å². The van der Waals surface area contributed by atoms with Crippen molar-refractivity contribution in [3.63, 3.8) is 0 Å². The number of hydrogen-bond donors (Lipinski definition) is 2. The maximum absolute atomic E-state index is 12.0. The van der Waals surface area contributed by atoms with Crippen LogP contribution in [0.25, 0.3) is 0 Å². The van der Waals surface area contributed by atoms with E-state index in [0.717, 1.165) is 13.1 Å². The maximum atomic E-state index is 12.0. The lowest BCUT2D eigenvalue weighted by molar-refractivity contribution is -0.191. The summed E-state index contributed by atoms with van der Waals surface area (Å²) in [5, 5.41) is 0. The Morgan fingerprint density at radius 3 is 2.00 bits per heavy atom. The Balaban J connectivity index is 2.94. The van der Waals surface area contributed by atoms with Crippen LogP contribution >= 0.6 is 0 Å². The molecule has 1 unspecified atom stereocenters. The molecule has 1 atom stereocenters. The number of nitrogens with two attached hydrogens (primary N) is 1. The summed E-state index contributed by atoms with van der Waals surface area (Å²) < 4.78 is 6.03. The van der Waals surface area contributed by atoms with Gasteiger partial charge in [0.15, 0.2) is 0 Å². The number of hydrazine groups is 1. The molecular formula is C13H27N3O2. The summed E-state index contributed by atoms with van der Waals surface area (Å²) >= 11 is 0. The third kappa shape index (κ3) is 3.67. The van der Waals surface area contributed by atoms with Crippen LogP contribution in [0.5, 0.6) is 0 Å². The molecule has 0 saturated carbocycles. The van der Waals surface area contributed by atoms with Gasteiger partial charge in [-0.25, -0.2) is 5.84 Å². The van der Waals surface area contributed by atoms with Gasteiger partial charge < -0.3 is 4.74 Å². The van der Waals surface area contributed by atoms with Crippen molar-refractivity contribution in [1.82, 2.24) is 10.3 Å². The molecule has 0 aromatic carbocycles.